The fourth-order valence-corrected chi connectivity index (χ4v) is 0.318. The highest BCUT2D eigenvalue weighted by atomic mass is 16.5. The lowest BCUT2D eigenvalue weighted by Gasteiger charge is -1.87. The van der Waals surface area contributed by atoms with Crippen molar-refractivity contribution in [3.05, 3.63) is 24.2 Å². The number of esters is 1. The number of carbonyl (C=O) groups excluding carboxylic acids is 2. The van der Waals surface area contributed by atoms with E-state index in [0.717, 1.165) is 13.5 Å². The quantitative estimate of drug-likeness (QED) is 0.299. The molecule has 0 radical (unpaired) electrons. The third kappa shape index (κ3) is 52.4. The van der Waals surface area contributed by atoms with Gasteiger partial charge < -0.3 is 30.3 Å². The zero-order valence-corrected chi connectivity index (χ0v) is 14.1. The van der Waals surface area contributed by atoms with Crippen molar-refractivity contribution in [2.75, 3.05) is 26.9 Å². The first-order valence-corrected chi connectivity index (χ1v) is 6.59. The van der Waals surface area contributed by atoms with Crippen LogP contribution in [0.15, 0.2) is 24.2 Å². The Balaban J connectivity index is -0.000000165. The predicted octanol–water partition coefficient (Wildman–Crippen LogP) is -0.624. The Morgan fingerprint density at radius 2 is 1.28 bits per heavy atom. The molecule has 0 heterocycles. The van der Waals surface area contributed by atoms with Crippen molar-refractivity contribution >= 4 is 23.7 Å². The van der Waals surface area contributed by atoms with Gasteiger partial charge in [-0.1, -0.05) is 6.92 Å². The molecule has 0 aliphatic carbocycles. The molecule has 0 saturated heterocycles. The molecular formula is C15H26O10. The summed E-state index contributed by atoms with van der Waals surface area (Å²) in [6, 6.07) is -4.12. The van der Waals surface area contributed by atoms with Crippen LogP contribution in [0.5, 0.6) is 0 Å². The SMILES string of the molecule is CCCO.CCO.[2H]/C(C(=O)CO)=C(/[2H])C(=O)OC.[2H]/C(C(=O)O)=C(/[2H])C(=O)O. The average Bonchev–Trinajstić information content (AvgIpc) is 2.71. The number of hydrogen-bond donors (Lipinski definition) is 5. The molecule has 0 amide bonds. The molecule has 0 rings (SSSR count). The first-order valence-electron chi connectivity index (χ1n) is 8.59. The number of ether oxygens (including phenoxy) is 1. The van der Waals surface area contributed by atoms with Crippen LogP contribution in [0.3, 0.4) is 0 Å². The monoisotopic (exact) mass is 370 g/mol. The second-order valence-electron chi connectivity index (χ2n) is 3.22. The molecule has 25 heavy (non-hydrogen) atoms. The molecule has 0 aliphatic rings. The maximum atomic E-state index is 10.6. The van der Waals surface area contributed by atoms with E-state index in [-0.39, 0.29) is 6.61 Å². The predicted molar refractivity (Wildman–Crippen MR) is 87.8 cm³/mol. The fourth-order valence-electron chi connectivity index (χ4n) is 0.318. The minimum Gasteiger partial charge on any atom is -0.478 e. The van der Waals surface area contributed by atoms with Crippen LogP contribution >= 0.6 is 0 Å². The van der Waals surface area contributed by atoms with Gasteiger partial charge in [0.15, 0.2) is 5.78 Å². The van der Waals surface area contributed by atoms with Gasteiger partial charge in [0, 0.05) is 31.4 Å². The summed E-state index contributed by atoms with van der Waals surface area (Å²) in [5, 5.41) is 39.7. The average molecular weight is 370 g/mol. The number of carbonyl (C=O) groups is 4. The van der Waals surface area contributed by atoms with Crippen LogP contribution in [-0.4, -0.2) is 76.2 Å². The summed E-state index contributed by atoms with van der Waals surface area (Å²) in [5.74, 6) is -5.48. The van der Waals surface area contributed by atoms with Crippen LogP contribution < -0.4 is 0 Å². The largest absolute Gasteiger partial charge is 0.478 e. The highest BCUT2D eigenvalue weighted by Crippen LogP contribution is 1.79. The Hall–Kier alpha value is -2.56. The van der Waals surface area contributed by atoms with E-state index in [2.05, 4.69) is 4.74 Å². The summed E-state index contributed by atoms with van der Waals surface area (Å²) in [4.78, 5) is 40.7. The Kier molecular flexibility index (Phi) is 21.6. The lowest BCUT2D eigenvalue weighted by Crippen LogP contribution is -2.01. The summed E-state index contributed by atoms with van der Waals surface area (Å²) in [7, 11) is 1.04. The van der Waals surface area contributed by atoms with Gasteiger partial charge in [-0.15, -0.1) is 0 Å². The Morgan fingerprint density at radius 1 is 0.920 bits per heavy atom. The molecule has 0 fully saturated rings. The zero-order chi connectivity index (χ0) is 24.2. The second-order valence-corrected chi connectivity index (χ2v) is 3.22. The van der Waals surface area contributed by atoms with Gasteiger partial charge in [-0.05, 0) is 19.4 Å². The molecule has 10 heteroatoms. The summed E-state index contributed by atoms with van der Waals surface area (Å²) >= 11 is 0. The van der Waals surface area contributed by atoms with E-state index in [1.54, 1.807) is 6.92 Å². The van der Waals surface area contributed by atoms with Gasteiger partial charge in [0.1, 0.15) is 6.61 Å². The molecule has 0 aromatic carbocycles. The lowest BCUT2D eigenvalue weighted by atomic mass is 10.4. The molecule has 0 unspecified atom stereocenters. The molecule has 146 valence electrons. The Bertz CT molecular complexity index is 540. The van der Waals surface area contributed by atoms with Gasteiger partial charge in [0.2, 0.25) is 0 Å². The van der Waals surface area contributed by atoms with Gasteiger partial charge in [0.05, 0.1) is 12.6 Å². The highest BCUT2D eigenvalue weighted by molar-refractivity contribution is 5.96. The van der Waals surface area contributed by atoms with Crippen molar-refractivity contribution in [1.29, 1.82) is 0 Å². The van der Waals surface area contributed by atoms with E-state index < -0.39 is 54.5 Å². The van der Waals surface area contributed by atoms with Gasteiger partial charge in [-0.3, -0.25) is 4.79 Å². The van der Waals surface area contributed by atoms with E-state index in [1.165, 1.54) is 0 Å². The summed E-state index contributed by atoms with van der Waals surface area (Å²) < 4.78 is 30.8. The van der Waals surface area contributed by atoms with Crippen LogP contribution in [0.25, 0.3) is 0 Å². The van der Waals surface area contributed by atoms with Crippen molar-refractivity contribution in [3.8, 4) is 0 Å². The van der Waals surface area contributed by atoms with Crippen LogP contribution in [-0.2, 0) is 23.9 Å². The highest BCUT2D eigenvalue weighted by Gasteiger charge is 1.94. The first-order chi connectivity index (χ1) is 13.3. The van der Waals surface area contributed by atoms with Gasteiger partial charge in [-0.25, -0.2) is 14.4 Å². The van der Waals surface area contributed by atoms with E-state index in [4.69, 9.17) is 31.0 Å². The normalized spacial score (nSPS) is 12.7. The summed E-state index contributed by atoms with van der Waals surface area (Å²) in [6.07, 6.45) is 0.875. The maximum absolute atomic E-state index is 10.6. The molecule has 10 nitrogen and oxygen atoms in total. The Labute approximate surface area is 151 Å². The number of aliphatic hydroxyl groups excluding tert-OH is 3. The molecule has 0 saturated carbocycles. The van der Waals surface area contributed by atoms with Crippen LogP contribution in [0.4, 0.5) is 0 Å². The van der Waals surface area contributed by atoms with Crippen molar-refractivity contribution < 1.29 is 54.9 Å². The van der Waals surface area contributed by atoms with Crippen molar-refractivity contribution in [2.24, 2.45) is 0 Å². The van der Waals surface area contributed by atoms with Crippen molar-refractivity contribution in [2.45, 2.75) is 20.3 Å². The van der Waals surface area contributed by atoms with Gasteiger partial charge >= 0.3 is 17.9 Å². The number of aliphatic hydroxyl groups is 3. The van der Waals surface area contributed by atoms with Gasteiger partial charge in [0.25, 0.3) is 0 Å². The molecule has 5 N–H and O–H groups in total. The third-order valence-electron chi connectivity index (χ3n) is 1.13. The zero-order valence-electron chi connectivity index (χ0n) is 18.1. The number of rotatable bonds is 6. The summed E-state index contributed by atoms with van der Waals surface area (Å²) in [5.41, 5.74) is 0. The number of hydrogen-bond acceptors (Lipinski definition) is 8. The summed E-state index contributed by atoms with van der Waals surface area (Å²) in [6.45, 7) is 3.29. The Morgan fingerprint density at radius 3 is 1.48 bits per heavy atom. The molecule has 0 aromatic heterocycles. The lowest BCUT2D eigenvalue weighted by molar-refractivity contribution is -0.135. The van der Waals surface area contributed by atoms with E-state index >= 15 is 0 Å². The van der Waals surface area contributed by atoms with Crippen LogP contribution in [0.1, 0.15) is 25.8 Å². The van der Waals surface area contributed by atoms with Gasteiger partial charge in [-0.2, -0.15) is 0 Å². The molecule has 0 aromatic rings. The smallest absolute Gasteiger partial charge is 0.330 e. The molecule has 0 bridgehead atoms. The van der Waals surface area contributed by atoms with Crippen molar-refractivity contribution in [1.82, 2.24) is 0 Å². The first kappa shape index (κ1) is 20.5. The van der Waals surface area contributed by atoms with Crippen molar-refractivity contribution in [3.63, 3.8) is 0 Å². The number of aliphatic carboxylic acids is 2. The minimum absolute atomic E-state index is 0.250. The third-order valence-corrected chi connectivity index (χ3v) is 1.13. The molecule has 0 atom stereocenters. The van der Waals surface area contributed by atoms with E-state index in [1.807, 2.05) is 6.92 Å². The number of ketones is 1. The van der Waals surface area contributed by atoms with Crippen LogP contribution in [0.2, 0.25) is 0 Å². The molecule has 0 spiro atoms. The molecule has 0 aliphatic heterocycles. The number of methoxy groups -OCH3 is 1. The standard InChI is InChI=1S/C6H8O4.C4H4O4.C3H8O.C2H6O/c1-10-6(9)3-2-5(8)4-7;5-3(6)1-2-4(7)8;1-2-3-4;1-2-3/h2-3,7H,4H2,1H3;1-2H,(H,5,6)(H,7,8);4H,2-3H2,1H3;3H,2H2,1H3/b3-2+;2-1+;;/i2D,3D;1D,2D;;. The van der Waals surface area contributed by atoms with Crippen LogP contribution in [0, 0.1) is 0 Å². The van der Waals surface area contributed by atoms with E-state index in [0.29, 0.717) is 6.61 Å². The second kappa shape index (κ2) is 26.3. The minimum atomic E-state index is -1.72. The molecular weight excluding hydrogens is 340 g/mol. The number of carboxylic acids is 2. The maximum Gasteiger partial charge on any atom is 0.330 e. The van der Waals surface area contributed by atoms with E-state index in [9.17, 15) is 19.2 Å². The fraction of sp³-hybridized carbons (Fsp3) is 0.467. The number of carboxylic acid groups (broad SMARTS) is 2. The topological polar surface area (TPSA) is 179 Å².